The van der Waals surface area contributed by atoms with Gasteiger partial charge in [0.1, 0.15) is 65.3 Å². The number of hydrogen-bond acceptors (Lipinski definition) is 11. The van der Waals surface area contributed by atoms with E-state index in [0.717, 1.165) is 12.1 Å². The smallest absolute Gasteiger partial charge is 0.229 e. The molecule has 0 spiro atoms. The zero-order valence-electron chi connectivity index (χ0n) is 16.5. The van der Waals surface area contributed by atoms with Gasteiger partial charge >= 0.3 is 0 Å². The Kier molecular flexibility index (Phi) is 5.84. The van der Waals surface area contributed by atoms with E-state index < -0.39 is 54.8 Å². The molecule has 0 bridgehead atoms. The van der Waals surface area contributed by atoms with Crippen molar-refractivity contribution in [3.63, 3.8) is 0 Å². The first-order valence-corrected chi connectivity index (χ1v) is 9.74. The van der Waals surface area contributed by atoms with Crippen LogP contribution in [0.4, 0.5) is 0 Å². The molecule has 7 N–H and O–H groups in total. The zero-order valence-corrected chi connectivity index (χ0v) is 16.5. The average molecular weight is 450 g/mol. The van der Waals surface area contributed by atoms with E-state index in [1.807, 2.05) is 0 Å². The van der Waals surface area contributed by atoms with Gasteiger partial charge in [0, 0.05) is 23.8 Å². The van der Waals surface area contributed by atoms with E-state index in [9.17, 15) is 40.5 Å². The van der Waals surface area contributed by atoms with Gasteiger partial charge in [0.05, 0.1) is 12.5 Å². The molecule has 11 nitrogen and oxygen atoms in total. The molecule has 2 heterocycles. The number of hydrogen-bond donors (Lipinski definition) is 7. The molecule has 2 aliphatic rings. The number of phenols is 3. The standard InChI is InChI=1S/C21H22O11/c22-6-15-18(27)19(28)20(29)21(32-15)31-9-1-2-10(12(24)5-9)11-7-30-14-4-8(23)3-13(25)16(14)17(11)26/h1-5,11,15,18-25,27-29H,6-7H2. The van der Waals surface area contributed by atoms with Crippen LogP contribution in [0.3, 0.4) is 0 Å². The maximum atomic E-state index is 12.9. The van der Waals surface area contributed by atoms with Gasteiger partial charge in [-0.25, -0.2) is 0 Å². The maximum absolute atomic E-state index is 12.9. The topological polar surface area (TPSA) is 186 Å². The lowest BCUT2D eigenvalue weighted by Crippen LogP contribution is -2.60. The lowest BCUT2D eigenvalue weighted by Gasteiger charge is -2.39. The molecular formula is C21H22O11. The minimum Gasteiger partial charge on any atom is -0.508 e. The van der Waals surface area contributed by atoms with Gasteiger partial charge < -0.3 is 50.0 Å². The largest absolute Gasteiger partial charge is 0.508 e. The summed E-state index contributed by atoms with van der Waals surface area (Å²) in [5.74, 6) is -2.45. The van der Waals surface area contributed by atoms with Crippen molar-refractivity contribution in [3.8, 4) is 28.7 Å². The molecule has 0 aromatic heterocycles. The molecule has 2 aliphatic heterocycles. The number of aromatic hydroxyl groups is 3. The first-order valence-electron chi connectivity index (χ1n) is 9.74. The van der Waals surface area contributed by atoms with Crippen LogP contribution in [0.5, 0.6) is 28.7 Å². The molecule has 32 heavy (non-hydrogen) atoms. The van der Waals surface area contributed by atoms with E-state index in [4.69, 9.17) is 14.2 Å². The summed E-state index contributed by atoms with van der Waals surface area (Å²) >= 11 is 0. The second-order valence-electron chi connectivity index (χ2n) is 7.60. The summed E-state index contributed by atoms with van der Waals surface area (Å²) in [7, 11) is 0. The molecule has 2 aromatic rings. The highest BCUT2D eigenvalue weighted by molar-refractivity contribution is 6.06. The second-order valence-corrected chi connectivity index (χ2v) is 7.60. The first kappa shape index (κ1) is 22.1. The number of carbonyl (C=O) groups excluding carboxylic acids is 1. The van der Waals surface area contributed by atoms with E-state index in [2.05, 4.69) is 0 Å². The van der Waals surface area contributed by atoms with Crippen LogP contribution in [0.15, 0.2) is 30.3 Å². The van der Waals surface area contributed by atoms with Crippen molar-refractivity contribution in [2.45, 2.75) is 36.6 Å². The lowest BCUT2D eigenvalue weighted by molar-refractivity contribution is -0.277. The van der Waals surface area contributed by atoms with Gasteiger partial charge in [0.25, 0.3) is 0 Å². The summed E-state index contributed by atoms with van der Waals surface area (Å²) < 4.78 is 16.2. The highest BCUT2D eigenvalue weighted by Crippen LogP contribution is 2.42. The highest BCUT2D eigenvalue weighted by Gasteiger charge is 2.45. The van der Waals surface area contributed by atoms with Gasteiger partial charge in [-0.3, -0.25) is 4.79 Å². The van der Waals surface area contributed by atoms with E-state index in [-0.39, 0.29) is 40.7 Å². The molecule has 0 amide bonds. The van der Waals surface area contributed by atoms with Crippen LogP contribution in [0.25, 0.3) is 0 Å². The summed E-state index contributed by atoms with van der Waals surface area (Å²) in [5, 5.41) is 69.1. The molecule has 172 valence electrons. The highest BCUT2D eigenvalue weighted by atomic mass is 16.7. The predicted molar refractivity (Wildman–Crippen MR) is 105 cm³/mol. The summed E-state index contributed by atoms with van der Waals surface area (Å²) in [6, 6.07) is 6.16. The molecule has 0 saturated carbocycles. The van der Waals surface area contributed by atoms with Crippen molar-refractivity contribution in [1.82, 2.24) is 0 Å². The van der Waals surface area contributed by atoms with Crippen molar-refractivity contribution in [1.29, 1.82) is 0 Å². The number of rotatable bonds is 4. The minimum absolute atomic E-state index is 0.0212. The molecule has 11 heteroatoms. The van der Waals surface area contributed by atoms with Gasteiger partial charge in [0.2, 0.25) is 6.29 Å². The van der Waals surface area contributed by atoms with Gasteiger partial charge in [-0.2, -0.15) is 0 Å². The third-order valence-corrected chi connectivity index (χ3v) is 5.51. The fourth-order valence-corrected chi connectivity index (χ4v) is 3.79. The Morgan fingerprint density at radius 1 is 0.969 bits per heavy atom. The maximum Gasteiger partial charge on any atom is 0.229 e. The van der Waals surface area contributed by atoms with E-state index in [0.29, 0.717) is 0 Å². The van der Waals surface area contributed by atoms with Crippen LogP contribution in [-0.2, 0) is 4.74 Å². The first-order chi connectivity index (χ1) is 15.2. The van der Waals surface area contributed by atoms with E-state index in [1.165, 1.54) is 18.2 Å². The molecule has 1 saturated heterocycles. The van der Waals surface area contributed by atoms with Crippen LogP contribution >= 0.6 is 0 Å². The van der Waals surface area contributed by atoms with Crippen molar-refractivity contribution in [2.24, 2.45) is 0 Å². The number of phenolic OH excluding ortho intramolecular Hbond substituents is 3. The Labute approximate surface area is 181 Å². The van der Waals surface area contributed by atoms with Crippen molar-refractivity contribution in [2.75, 3.05) is 13.2 Å². The zero-order chi connectivity index (χ0) is 23.2. The number of aliphatic hydroxyl groups is 4. The van der Waals surface area contributed by atoms with Gasteiger partial charge in [-0.15, -0.1) is 0 Å². The van der Waals surface area contributed by atoms with E-state index >= 15 is 0 Å². The number of aliphatic hydroxyl groups excluding tert-OH is 4. The summed E-state index contributed by atoms with van der Waals surface area (Å²) in [6.45, 7) is -0.764. The van der Waals surface area contributed by atoms with Crippen molar-refractivity contribution >= 4 is 5.78 Å². The molecule has 6 atom stereocenters. The summed E-state index contributed by atoms with van der Waals surface area (Å²) in [4.78, 5) is 12.9. The van der Waals surface area contributed by atoms with Crippen LogP contribution in [-0.4, -0.2) is 85.4 Å². The molecule has 2 aromatic carbocycles. The number of fused-ring (bicyclic) bond motifs is 1. The number of ketones is 1. The van der Waals surface area contributed by atoms with Gasteiger partial charge in [-0.1, -0.05) is 6.07 Å². The van der Waals surface area contributed by atoms with Crippen LogP contribution in [0.2, 0.25) is 0 Å². The van der Waals surface area contributed by atoms with E-state index in [1.54, 1.807) is 0 Å². The third kappa shape index (κ3) is 3.80. The van der Waals surface area contributed by atoms with Crippen LogP contribution < -0.4 is 9.47 Å². The van der Waals surface area contributed by atoms with Crippen LogP contribution in [0, 0.1) is 0 Å². The summed E-state index contributed by atoms with van der Waals surface area (Å²) in [6.07, 6.45) is -7.38. The van der Waals surface area contributed by atoms with Crippen molar-refractivity contribution < 1.29 is 54.8 Å². The van der Waals surface area contributed by atoms with Crippen LogP contribution in [0.1, 0.15) is 21.8 Å². The Balaban J connectivity index is 1.55. The lowest BCUT2D eigenvalue weighted by atomic mass is 9.88. The third-order valence-electron chi connectivity index (χ3n) is 5.51. The molecule has 0 aliphatic carbocycles. The number of ether oxygens (including phenoxy) is 3. The monoisotopic (exact) mass is 450 g/mol. The Bertz CT molecular complexity index is 1020. The van der Waals surface area contributed by atoms with Crippen molar-refractivity contribution in [3.05, 3.63) is 41.5 Å². The molecule has 4 rings (SSSR count). The fraction of sp³-hybridized carbons (Fsp3) is 0.381. The number of carbonyl (C=O) groups is 1. The Morgan fingerprint density at radius 3 is 2.41 bits per heavy atom. The average Bonchev–Trinajstić information content (AvgIpc) is 2.74. The normalized spacial score (nSPS) is 29.8. The summed E-state index contributed by atoms with van der Waals surface area (Å²) in [5.41, 5.74) is 0.0781. The van der Waals surface area contributed by atoms with Gasteiger partial charge in [0.15, 0.2) is 5.78 Å². The molecule has 0 radical (unpaired) electrons. The predicted octanol–water partition coefficient (Wildman–Crippen LogP) is -0.659. The molecule has 1 fully saturated rings. The quantitative estimate of drug-likeness (QED) is 0.313. The second kappa shape index (κ2) is 8.45. The SMILES string of the molecule is O=C1c2c(O)cc(O)cc2OCC1c1ccc(OC2OC(CO)C(O)C(O)C2O)cc1O. The molecule has 6 unspecified atom stereocenters. The van der Waals surface area contributed by atoms with Gasteiger partial charge in [-0.05, 0) is 6.07 Å². The number of benzene rings is 2. The molecular weight excluding hydrogens is 428 g/mol. The Morgan fingerprint density at radius 2 is 1.72 bits per heavy atom. The Hall–Kier alpha value is -3.09. The fourth-order valence-electron chi connectivity index (χ4n) is 3.79. The minimum atomic E-state index is -1.63. The number of Topliss-reactive ketones (excluding diaryl/α,β-unsaturated/α-hetero) is 1.